The number of ether oxygens (including phenoxy) is 1. The molecule has 0 atom stereocenters. The summed E-state index contributed by atoms with van der Waals surface area (Å²) in [5, 5.41) is 4.34. The second-order valence-electron chi connectivity index (χ2n) is 6.98. The van der Waals surface area contributed by atoms with Crippen LogP contribution in [0.2, 0.25) is 0 Å². The van der Waals surface area contributed by atoms with Gasteiger partial charge in [-0.1, -0.05) is 48.5 Å². The summed E-state index contributed by atoms with van der Waals surface area (Å²) in [7, 11) is 0. The summed E-state index contributed by atoms with van der Waals surface area (Å²) in [6.07, 6.45) is 1.67. The number of fused-ring (bicyclic) bond motifs is 3. The summed E-state index contributed by atoms with van der Waals surface area (Å²) in [6.45, 7) is 1.62. The second-order valence-corrected chi connectivity index (χ2v) is 7.79. The molecule has 6 heteroatoms. The average molecular weight is 424 g/mol. The van der Waals surface area contributed by atoms with Crippen LogP contribution < -0.4 is 0 Å². The van der Waals surface area contributed by atoms with E-state index < -0.39 is 0 Å². The molecule has 0 spiro atoms. The molecule has 5 nitrogen and oxygen atoms in total. The number of benzene rings is 2. The van der Waals surface area contributed by atoms with Gasteiger partial charge >= 0.3 is 6.09 Å². The fraction of sp³-hybridized carbons (Fsp3) is 0.238. The predicted molar refractivity (Wildman–Crippen MR) is 106 cm³/mol. The number of hydrogen-bond donors (Lipinski definition) is 0. The van der Waals surface area contributed by atoms with E-state index in [1.54, 1.807) is 4.90 Å². The zero-order valence-electron chi connectivity index (χ0n) is 14.6. The molecule has 1 fully saturated rings. The lowest BCUT2D eigenvalue weighted by Crippen LogP contribution is -2.51. The minimum Gasteiger partial charge on any atom is -0.448 e. The first kappa shape index (κ1) is 16.6. The van der Waals surface area contributed by atoms with Crippen molar-refractivity contribution in [2.75, 3.05) is 19.7 Å². The zero-order chi connectivity index (χ0) is 18.4. The third-order valence-corrected chi connectivity index (χ3v) is 5.83. The van der Waals surface area contributed by atoms with Gasteiger partial charge in [0, 0.05) is 25.2 Å². The Morgan fingerprint density at radius 3 is 2.26 bits per heavy atom. The van der Waals surface area contributed by atoms with Gasteiger partial charge in [0.2, 0.25) is 0 Å². The lowest BCUT2D eigenvalue weighted by atomic mass is 9.98. The van der Waals surface area contributed by atoms with Crippen LogP contribution in [-0.4, -0.2) is 40.5 Å². The molecule has 1 aliphatic carbocycles. The smallest absolute Gasteiger partial charge is 0.409 e. The summed E-state index contributed by atoms with van der Waals surface area (Å²) >= 11 is 3.35. The number of likely N-dealkylation sites (tertiary alicyclic amines) is 1. The minimum atomic E-state index is -0.251. The van der Waals surface area contributed by atoms with E-state index in [2.05, 4.69) is 57.4 Å². The Morgan fingerprint density at radius 1 is 1.04 bits per heavy atom. The quantitative estimate of drug-likeness (QED) is 0.624. The molecule has 2 aromatic carbocycles. The van der Waals surface area contributed by atoms with Crippen LogP contribution in [0.5, 0.6) is 0 Å². The molecule has 1 aromatic heterocycles. The molecule has 0 bridgehead atoms. The van der Waals surface area contributed by atoms with Crippen LogP contribution in [0.1, 0.15) is 23.1 Å². The summed E-state index contributed by atoms with van der Waals surface area (Å²) < 4.78 is 8.37. The Bertz CT molecular complexity index is 964. The van der Waals surface area contributed by atoms with Gasteiger partial charge in [0.25, 0.3) is 0 Å². The number of carbonyl (C=O) groups is 1. The number of carbonyl (C=O) groups excluding carboxylic acids is 1. The molecule has 5 rings (SSSR count). The molecule has 1 aliphatic heterocycles. The maximum Gasteiger partial charge on any atom is 0.409 e. The Morgan fingerprint density at radius 2 is 1.67 bits per heavy atom. The van der Waals surface area contributed by atoms with Crippen LogP contribution in [0.4, 0.5) is 4.79 Å². The van der Waals surface area contributed by atoms with Gasteiger partial charge < -0.3 is 9.64 Å². The van der Waals surface area contributed by atoms with Crippen LogP contribution >= 0.6 is 15.9 Å². The normalized spacial score (nSPS) is 16.0. The lowest BCUT2D eigenvalue weighted by molar-refractivity contribution is 0.0524. The van der Waals surface area contributed by atoms with Crippen LogP contribution in [0.15, 0.2) is 65.4 Å². The fourth-order valence-corrected chi connectivity index (χ4v) is 4.28. The first-order valence-electron chi connectivity index (χ1n) is 9.01. The number of halogens is 1. The molecule has 0 saturated carbocycles. The van der Waals surface area contributed by atoms with Gasteiger partial charge in [-0.15, -0.1) is 0 Å². The summed E-state index contributed by atoms with van der Waals surface area (Å²) in [4.78, 5) is 14.2. The van der Waals surface area contributed by atoms with Crippen LogP contribution in [-0.2, 0) is 4.74 Å². The first-order chi connectivity index (χ1) is 13.2. The van der Waals surface area contributed by atoms with E-state index in [-0.39, 0.29) is 18.1 Å². The molecule has 136 valence electrons. The Balaban J connectivity index is 1.25. The van der Waals surface area contributed by atoms with Crippen LogP contribution in [0.3, 0.4) is 0 Å². The van der Waals surface area contributed by atoms with E-state index in [0.717, 1.165) is 4.60 Å². The molecule has 1 saturated heterocycles. The van der Waals surface area contributed by atoms with Gasteiger partial charge in [-0.05, 0) is 44.3 Å². The molecule has 2 heterocycles. The number of hydrogen-bond acceptors (Lipinski definition) is 3. The highest BCUT2D eigenvalue weighted by Gasteiger charge is 2.35. The van der Waals surface area contributed by atoms with E-state index in [0.29, 0.717) is 19.7 Å². The van der Waals surface area contributed by atoms with Gasteiger partial charge in [-0.2, -0.15) is 5.10 Å². The summed E-state index contributed by atoms with van der Waals surface area (Å²) in [6, 6.07) is 18.8. The molecular weight excluding hydrogens is 406 g/mol. The molecule has 27 heavy (non-hydrogen) atoms. The molecular formula is C21H18BrN3O2. The van der Waals surface area contributed by atoms with Crippen molar-refractivity contribution in [3.63, 3.8) is 0 Å². The summed E-state index contributed by atoms with van der Waals surface area (Å²) in [5.74, 6) is 0.0977. The van der Waals surface area contributed by atoms with Gasteiger partial charge in [-0.3, -0.25) is 4.68 Å². The number of amides is 1. The Labute approximate surface area is 165 Å². The van der Waals surface area contributed by atoms with Crippen molar-refractivity contribution in [3.05, 3.63) is 76.5 Å². The van der Waals surface area contributed by atoms with Crippen LogP contribution in [0, 0.1) is 0 Å². The molecule has 2 aliphatic rings. The number of nitrogens with zero attached hydrogens (tertiary/aromatic N) is 3. The maximum absolute atomic E-state index is 12.5. The third-order valence-electron chi connectivity index (χ3n) is 5.41. The van der Waals surface area contributed by atoms with Gasteiger partial charge in [0.15, 0.2) is 0 Å². The van der Waals surface area contributed by atoms with Crippen molar-refractivity contribution >= 4 is 22.0 Å². The largest absolute Gasteiger partial charge is 0.448 e. The molecule has 3 aromatic rings. The van der Waals surface area contributed by atoms with Crippen molar-refractivity contribution in [2.45, 2.75) is 12.0 Å². The standard InChI is InChI=1S/C21H18BrN3O2/c22-20-9-10-25(23-20)14-11-24(12-14)21(26)27-13-19-17-7-3-1-5-15(17)16-6-2-4-8-18(16)19/h1-10,14,19H,11-13H2. The van der Waals surface area contributed by atoms with Crippen molar-refractivity contribution in [2.24, 2.45) is 0 Å². The highest BCUT2D eigenvalue weighted by molar-refractivity contribution is 9.10. The van der Waals surface area contributed by atoms with E-state index in [1.165, 1.54) is 22.3 Å². The van der Waals surface area contributed by atoms with Gasteiger partial charge in [0.1, 0.15) is 11.2 Å². The third kappa shape index (κ3) is 2.84. The molecule has 0 radical (unpaired) electrons. The zero-order valence-corrected chi connectivity index (χ0v) is 16.2. The maximum atomic E-state index is 12.5. The average Bonchev–Trinajstić information content (AvgIpc) is 3.20. The second kappa shape index (κ2) is 6.53. The summed E-state index contributed by atoms with van der Waals surface area (Å²) in [5.41, 5.74) is 4.94. The Hall–Kier alpha value is -2.60. The van der Waals surface area contributed by atoms with E-state index >= 15 is 0 Å². The highest BCUT2D eigenvalue weighted by Crippen LogP contribution is 2.44. The lowest BCUT2D eigenvalue weighted by Gasteiger charge is -2.38. The first-order valence-corrected chi connectivity index (χ1v) is 9.80. The van der Waals surface area contributed by atoms with Crippen molar-refractivity contribution in [1.82, 2.24) is 14.7 Å². The number of rotatable bonds is 3. The van der Waals surface area contributed by atoms with Crippen LogP contribution in [0.25, 0.3) is 11.1 Å². The van der Waals surface area contributed by atoms with E-state index in [9.17, 15) is 4.79 Å². The van der Waals surface area contributed by atoms with Gasteiger partial charge in [0.05, 0.1) is 6.04 Å². The predicted octanol–water partition coefficient (Wildman–Crippen LogP) is 4.45. The molecule has 0 N–H and O–H groups in total. The van der Waals surface area contributed by atoms with Gasteiger partial charge in [-0.25, -0.2) is 4.79 Å². The van der Waals surface area contributed by atoms with E-state index in [4.69, 9.17) is 4.74 Å². The van der Waals surface area contributed by atoms with Crippen molar-refractivity contribution in [3.8, 4) is 11.1 Å². The number of aromatic nitrogens is 2. The minimum absolute atomic E-state index is 0.0977. The van der Waals surface area contributed by atoms with Crippen molar-refractivity contribution < 1.29 is 9.53 Å². The Kier molecular flexibility index (Phi) is 4.01. The molecule has 0 unspecified atom stereocenters. The highest BCUT2D eigenvalue weighted by atomic mass is 79.9. The fourth-order valence-electron chi connectivity index (χ4n) is 3.98. The van der Waals surface area contributed by atoms with E-state index in [1.807, 2.05) is 29.1 Å². The van der Waals surface area contributed by atoms with Crippen molar-refractivity contribution in [1.29, 1.82) is 0 Å². The topological polar surface area (TPSA) is 47.4 Å². The SMILES string of the molecule is O=C(OCC1c2ccccc2-c2ccccc21)N1CC(n2ccc(Br)n2)C1. The molecule has 1 amide bonds. The monoisotopic (exact) mass is 423 g/mol.